The molecule has 1 heterocycles. The number of para-hydroxylation sites is 1. The number of nitrogens with one attached hydrogen (secondary N) is 2. The van der Waals surface area contributed by atoms with Gasteiger partial charge in [0, 0.05) is 11.3 Å². The maximum atomic E-state index is 12.4. The Bertz CT molecular complexity index is 1200. The SMILES string of the molecule is Cc1ccccc1C(=O)NC(=S)Nc1ccc(O)c(-c2nc3ccccc3s2)c1. The molecule has 0 aliphatic rings. The number of anilines is 1. The summed E-state index contributed by atoms with van der Waals surface area (Å²) in [6.07, 6.45) is 0. The van der Waals surface area contributed by atoms with Crippen LogP contribution in [0, 0.1) is 6.92 Å². The Morgan fingerprint density at radius 1 is 1.07 bits per heavy atom. The molecule has 4 rings (SSSR count). The fourth-order valence-corrected chi connectivity index (χ4v) is 4.13. The third kappa shape index (κ3) is 4.11. The molecular weight excluding hydrogens is 402 g/mol. The van der Waals surface area contributed by atoms with Crippen LogP contribution in [0.5, 0.6) is 5.75 Å². The lowest BCUT2D eigenvalue weighted by Gasteiger charge is -2.12. The highest BCUT2D eigenvalue weighted by atomic mass is 32.1. The van der Waals surface area contributed by atoms with Gasteiger partial charge in [0.25, 0.3) is 5.91 Å². The fraction of sp³-hybridized carbons (Fsp3) is 0.0455. The molecule has 0 spiro atoms. The monoisotopic (exact) mass is 419 g/mol. The van der Waals surface area contributed by atoms with Gasteiger partial charge < -0.3 is 10.4 Å². The number of hydrogen-bond acceptors (Lipinski definition) is 5. The summed E-state index contributed by atoms with van der Waals surface area (Å²) in [5.74, 6) is -0.143. The molecular formula is C22H17N3O2S2. The first-order valence-electron chi connectivity index (χ1n) is 8.88. The van der Waals surface area contributed by atoms with Gasteiger partial charge in [-0.15, -0.1) is 11.3 Å². The van der Waals surface area contributed by atoms with Gasteiger partial charge in [-0.2, -0.15) is 0 Å². The minimum atomic E-state index is -0.272. The molecule has 3 aromatic carbocycles. The van der Waals surface area contributed by atoms with Gasteiger partial charge in [-0.25, -0.2) is 4.98 Å². The van der Waals surface area contributed by atoms with E-state index in [1.807, 2.05) is 49.4 Å². The zero-order valence-electron chi connectivity index (χ0n) is 15.5. The Balaban J connectivity index is 1.53. The van der Waals surface area contributed by atoms with Gasteiger partial charge in [-0.3, -0.25) is 10.1 Å². The van der Waals surface area contributed by atoms with Crippen LogP contribution in [0.1, 0.15) is 15.9 Å². The smallest absolute Gasteiger partial charge is 0.257 e. The van der Waals surface area contributed by atoms with Crippen LogP contribution < -0.4 is 10.6 Å². The van der Waals surface area contributed by atoms with E-state index in [1.54, 1.807) is 24.3 Å². The maximum Gasteiger partial charge on any atom is 0.257 e. The second-order valence-electron chi connectivity index (χ2n) is 6.44. The second kappa shape index (κ2) is 7.98. The normalized spacial score (nSPS) is 10.7. The number of aromatic nitrogens is 1. The largest absolute Gasteiger partial charge is 0.507 e. The third-order valence-electron chi connectivity index (χ3n) is 4.40. The number of carbonyl (C=O) groups excluding carboxylic acids is 1. The van der Waals surface area contributed by atoms with Crippen LogP contribution in [-0.4, -0.2) is 21.1 Å². The predicted octanol–water partition coefficient (Wildman–Crippen LogP) is 5.10. The maximum absolute atomic E-state index is 12.4. The van der Waals surface area contributed by atoms with Crippen LogP contribution in [0.3, 0.4) is 0 Å². The zero-order chi connectivity index (χ0) is 20.4. The van der Waals surface area contributed by atoms with Crippen molar-refractivity contribution in [3.63, 3.8) is 0 Å². The second-order valence-corrected chi connectivity index (χ2v) is 7.88. The number of benzene rings is 3. The molecule has 7 heteroatoms. The molecule has 0 unspecified atom stereocenters. The molecule has 0 aliphatic heterocycles. The molecule has 0 bridgehead atoms. The summed E-state index contributed by atoms with van der Waals surface area (Å²) in [4.78, 5) is 17.0. The molecule has 0 saturated carbocycles. The number of amides is 1. The number of carbonyl (C=O) groups is 1. The van der Waals surface area contributed by atoms with E-state index in [0.717, 1.165) is 15.8 Å². The van der Waals surface area contributed by atoms with Crippen molar-refractivity contribution in [2.45, 2.75) is 6.92 Å². The number of aromatic hydroxyl groups is 1. The summed E-state index contributed by atoms with van der Waals surface area (Å²) in [5, 5.41) is 16.9. The van der Waals surface area contributed by atoms with Crippen LogP contribution in [0.25, 0.3) is 20.8 Å². The fourth-order valence-electron chi connectivity index (χ4n) is 2.93. The Hall–Kier alpha value is -3.29. The van der Waals surface area contributed by atoms with E-state index in [9.17, 15) is 9.90 Å². The van der Waals surface area contributed by atoms with E-state index in [4.69, 9.17) is 12.2 Å². The van der Waals surface area contributed by atoms with Gasteiger partial charge in [-0.1, -0.05) is 30.3 Å². The van der Waals surface area contributed by atoms with Crippen molar-refractivity contribution in [3.05, 3.63) is 77.9 Å². The summed E-state index contributed by atoms with van der Waals surface area (Å²) in [5.41, 5.74) is 3.57. The molecule has 29 heavy (non-hydrogen) atoms. The quantitative estimate of drug-likeness (QED) is 0.318. The van der Waals surface area contributed by atoms with Crippen LogP contribution in [0.15, 0.2) is 66.7 Å². The van der Waals surface area contributed by atoms with Crippen LogP contribution >= 0.6 is 23.6 Å². The molecule has 1 aromatic heterocycles. The highest BCUT2D eigenvalue weighted by Gasteiger charge is 2.13. The van der Waals surface area contributed by atoms with E-state index < -0.39 is 0 Å². The number of nitrogens with zero attached hydrogens (tertiary/aromatic N) is 1. The van der Waals surface area contributed by atoms with Gasteiger partial charge in [0.1, 0.15) is 10.8 Å². The molecule has 4 aromatic rings. The lowest BCUT2D eigenvalue weighted by Crippen LogP contribution is -2.34. The van der Waals surface area contributed by atoms with E-state index in [1.165, 1.54) is 11.3 Å². The number of hydrogen-bond donors (Lipinski definition) is 3. The topological polar surface area (TPSA) is 74.2 Å². The first-order chi connectivity index (χ1) is 14.0. The van der Waals surface area contributed by atoms with Crippen molar-refractivity contribution in [2.75, 3.05) is 5.32 Å². The van der Waals surface area contributed by atoms with Crippen LogP contribution in [-0.2, 0) is 0 Å². The summed E-state index contributed by atoms with van der Waals surface area (Å²) >= 11 is 6.78. The molecule has 1 amide bonds. The van der Waals surface area contributed by atoms with Crippen molar-refractivity contribution in [1.82, 2.24) is 10.3 Å². The highest BCUT2D eigenvalue weighted by Crippen LogP contribution is 2.36. The average Bonchev–Trinajstić information content (AvgIpc) is 3.13. The van der Waals surface area contributed by atoms with Crippen LogP contribution in [0.4, 0.5) is 5.69 Å². The van der Waals surface area contributed by atoms with Gasteiger partial charge in [0.2, 0.25) is 0 Å². The molecule has 0 atom stereocenters. The van der Waals surface area contributed by atoms with Gasteiger partial charge in [-0.05, 0) is 61.1 Å². The molecule has 5 nitrogen and oxygen atoms in total. The minimum Gasteiger partial charge on any atom is -0.507 e. The molecule has 0 aliphatic carbocycles. The van der Waals surface area contributed by atoms with Crippen molar-refractivity contribution < 1.29 is 9.90 Å². The first kappa shape index (κ1) is 19.0. The Labute approximate surface area is 177 Å². The Kier molecular flexibility index (Phi) is 5.24. The molecule has 0 fully saturated rings. The summed E-state index contributed by atoms with van der Waals surface area (Å²) in [6, 6.07) is 20.2. The number of thiazole rings is 1. The molecule has 144 valence electrons. The highest BCUT2D eigenvalue weighted by molar-refractivity contribution is 7.80. The van der Waals surface area contributed by atoms with Gasteiger partial charge in [0.15, 0.2) is 5.11 Å². The summed E-state index contributed by atoms with van der Waals surface area (Å²) in [7, 11) is 0. The molecule has 0 saturated heterocycles. The predicted molar refractivity (Wildman–Crippen MR) is 122 cm³/mol. The number of fused-ring (bicyclic) bond motifs is 1. The Morgan fingerprint density at radius 2 is 1.83 bits per heavy atom. The van der Waals surface area contributed by atoms with Crippen molar-refractivity contribution in [1.29, 1.82) is 0 Å². The molecule has 0 radical (unpaired) electrons. The number of thiocarbonyl (C=S) groups is 1. The number of phenolic OH excluding ortho intramolecular Hbond substituents is 1. The zero-order valence-corrected chi connectivity index (χ0v) is 17.1. The van der Waals surface area contributed by atoms with E-state index >= 15 is 0 Å². The standard InChI is InChI=1S/C22H17N3O2S2/c1-13-6-2-3-7-15(13)20(27)25-22(28)23-14-10-11-18(26)16(12-14)21-24-17-8-4-5-9-19(17)29-21/h2-12,26H,1H3,(H2,23,25,27,28). The number of rotatable bonds is 3. The average molecular weight is 420 g/mol. The minimum absolute atomic E-state index is 0.129. The summed E-state index contributed by atoms with van der Waals surface area (Å²) in [6.45, 7) is 1.87. The summed E-state index contributed by atoms with van der Waals surface area (Å²) < 4.78 is 1.04. The van der Waals surface area contributed by atoms with Gasteiger partial charge in [0.05, 0.1) is 15.8 Å². The van der Waals surface area contributed by atoms with Crippen molar-refractivity contribution >= 4 is 50.5 Å². The van der Waals surface area contributed by atoms with Gasteiger partial charge >= 0.3 is 0 Å². The van der Waals surface area contributed by atoms with E-state index in [2.05, 4.69) is 15.6 Å². The van der Waals surface area contributed by atoms with Crippen molar-refractivity contribution in [2.24, 2.45) is 0 Å². The number of phenols is 1. The van der Waals surface area contributed by atoms with E-state index in [-0.39, 0.29) is 16.8 Å². The number of aryl methyl sites for hydroxylation is 1. The third-order valence-corrected chi connectivity index (χ3v) is 5.67. The lowest BCUT2D eigenvalue weighted by atomic mass is 10.1. The lowest BCUT2D eigenvalue weighted by molar-refractivity contribution is 0.0977. The molecule has 3 N–H and O–H groups in total. The van der Waals surface area contributed by atoms with Crippen LogP contribution in [0.2, 0.25) is 0 Å². The van der Waals surface area contributed by atoms with Crippen molar-refractivity contribution in [3.8, 4) is 16.3 Å². The first-order valence-corrected chi connectivity index (χ1v) is 10.1. The van der Waals surface area contributed by atoms with E-state index in [0.29, 0.717) is 21.8 Å². The Morgan fingerprint density at radius 3 is 2.62 bits per heavy atom.